The van der Waals surface area contributed by atoms with Gasteiger partial charge in [-0.05, 0) is 30.3 Å². The number of carbonyl (C=O) groups is 3. The van der Waals surface area contributed by atoms with Gasteiger partial charge in [-0.15, -0.1) is 0 Å². The Morgan fingerprint density at radius 2 is 1.66 bits per heavy atom. The maximum absolute atomic E-state index is 12.4. The van der Waals surface area contributed by atoms with Crippen molar-refractivity contribution in [2.24, 2.45) is 7.05 Å². The molecule has 7 nitrogen and oxygen atoms in total. The van der Waals surface area contributed by atoms with Crippen molar-refractivity contribution in [1.29, 1.82) is 0 Å². The topological polar surface area (TPSA) is 86.6 Å². The zero-order valence-corrected chi connectivity index (χ0v) is 15.8. The van der Waals surface area contributed by atoms with Crippen LogP contribution in [0.1, 0.15) is 26.4 Å². The molecule has 0 atom stereocenters. The van der Waals surface area contributed by atoms with Gasteiger partial charge in [0.25, 0.3) is 11.8 Å². The van der Waals surface area contributed by atoms with E-state index in [1.165, 1.54) is 0 Å². The molecule has 3 aromatic rings. The van der Waals surface area contributed by atoms with Gasteiger partial charge in [0.1, 0.15) is 18.1 Å². The third kappa shape index (κ3) is 5.32. The zero-order valence-electron chi connectivity index (χ0n) is 15.8. The van der Waals surface area contributed by atoms with Crippen molar-refractivity contribution in [2.45, 2.75) is 6.61 Å². The molecule has 0 fully saturated rings. The zero-order chi connectivity index (χ0) is 20.6. The van der Waals surface area contributed by atoms with E-state index in [-0.39, 0.29) is 6.61 Å². The quantitative estimate of drug-likeness (QED) is 0.625. The molecule has 29 heavy (non-hydrogen) atoms. The fourth-order valence-corrected chi connectivity index (χ4v) is 2.66. The Balaban J connectivity index is 1.56. The van der Waals surface area contributed by atoms with Gasteiger partial charge < -0.3 is 14.0 Å². The molecule has 0 aliphatic carbocycles. The Kier molecular flexibility index (Phi) is 6.42. The van der Waals surface area contributed by atoms with Crippen molar-refractivity contribution in [1.82, 2.24) is 9.88 Å². The summed E-state index contributed by atoms with van der Waals surface area (Å²) in [4.78, 5) is 36.4. The van der Waals surface area contributed by atoms with Crippen molar-refractivity contribution in [3.8, 4) is 5.75 Å². The third-order valence-corrected chi connectivity index (χ3v) is 4.14. The third-order valence-electron chi connectivity index (χ3n) is 4.14. The van der Waals surface area contributed by atoms with Gasteiger partial charge in [-0.25, -0.2) is 4.79 Å². The first kappa shape index (κ1) is 19.9. The molecule has 2 amide bonds. The summed E-state index contributed by atoms with van der Waals surface area (Å²) in [7, 11) is 1.69. The fraction of sp³-hybridized carbons (Fsp3) is 0.136. The fourth-order valence-electron chi connectivity index (χ4n) is 2.66. The molecule has 2 aromatic carbocycles. The van der Waals surface area contributed by atoms with Crippen LogP contribution in [0.25, 0.3) is 0 Å². The van der Waals surface area contributed by atoms with Crippen LogP contribution in [0.5, 0.6) is 5.75 Å². The van der Waals surface area contributed by atoms with Crippen LogP contribution in [-0.2, 0) is 23.2 Å². The Labute approximate surface area is 167 Å². The molecule has 0 aliphatic heterocycles. The second-order valence-corrected chi connectivity index (χ2v) is 6.22. The van der Waals surface area contributed by atoms with E-state index in [1.807, 2.05) is 30.3 Å². The number of aryl methyl sites for hydroxylation is 1. The molecule has 0 saturated heterocycles. The number of rotatable bonds is 7. The summed E-state index contributed by atoms with van der Waals surface area (Å²) in [6, 6.07) is 19.3. The summed E-state index contributed by atoms with van der Waals surface area (Å²) >= 11 is 0. The number of nitrogens with zero attached hydrogens (tertiary/aromatic N) is 1. The Hall–Kier alpha value is -3.87. The smallest absolute Gasteiger partial charge is 0.339 e. The number of nitrogens with one attached hydrogen (secondary N) is 1. The van der Waals surface area contributed by atoms with Crippen molar-refractivity contribution in [3.05, 3.63) is 89.7 Å². The van der Waals surface area contributed by atoms with Crippen LogP contribution < -0.4 is 10.1 Å². The maximum Gasteiger partial charge on any atom is 0.339 e. The van der Waals surface area contributed by atoms with Crippen molar-refractivity contribution in [3.63, 3.8) is 0 Å². The van der Waals surface area contributed by atoms with Gasteiger partial charge in [-0.1, -0.05) is 36.4 Å². The monoisotopic (exact) mass is 392 g/mol. The van der Waals surface area contributed by atoms with Crippen LogP contribution >= 0.6 is 0 Å². The van der Waals surface area contributed by atoms with Gasteiger partial charge in [0.05, 0.1) is 5.56 Å². The summed E-state index contributed by atoms with van der Waals surface area (Å²) in [6.45, 7) is -0.393. The molecule has 0 radical (unpaired) electrons. The van der Waals surface area contributed by atoms with E-state index in [2.05, 4.69) is 5.32 Å². The van der Waals surface area contributed by atoms with Gasteiger partial charge in [0.15, 0.2) is 6.61 Å². The van der Waals surface area contributed by atoms with Crippen LogP contribution in [0.4, 0.5) is 0 Å². The highest BCUT2D eigenvalue weighted by Crippen LogP contribution is 2.15. The van der Waals surface area contributed by atoms with Gasteiger partial charge in [0.2, 0.25) is 0 Å². The first-order chi connectivity index (χ1) is 14.0. The molecule has 1 aromatic heterocycles. The molecule has 1 N–H and O–H groups in total. The lowest BCUT2D eigenvalue weighted by Crippen LogP contribution is -2.35. The summed E-state index contributed by atoms with van der Waals surface area (Å²) in [5.41, 5.74) is 1.25. The van der Waals surface area contributed by atoms with Gasteiger partial charge in [0, 0.05) is 18.8 Å². The number of imide groups is 1. The molecule has 0 aliphatic rings. The van der Waals surface area contributed by atoms with E-state index in [0.29, 0.717) is 22.6 Å². The number of benzene rings is 2. The number of hydrogen-bond donors (Lipinski definition) is 1. The predicted molar refractivity (Wildman–Crippen MR) is 105 cm³/mol. The minimum absolute atomic E-state index is 0.174. The number of ether oxygens (including phenoxy) is 2. The van der Waals surface area contributed by atoms with Crippen LogP contribution in [0.15, 0.2) is 72.9 Å². The van der Waals surface area contributed by atoms with E-state index >= 15 is 0 Å². The summed E-state index contributed by atoms with van der Waals surface area (Å²) in [5, 5.41) is 2.19. The highest BCUT2D eigenvalue weighted by atomic mass is 16.5. The lowest BCUT2D eigenvalue weighted by molar-refractivity contribution is -0.123. The molecule has 0 spiro atoms. The molecule has 0 bridgehead atoms. The van der Waals surface area contributed by atoms with Crippen molar-refractivity contribution < 1.29 is 23.9 Å². The highest BCUT2D eigenvalue weighted by molar-refractivity contribution is 6.04. The minimum atomic E-state index is -0.706. The highest BCUT2D eigenvalue weighted by Gasteiger charge is 2.17. The van der Waals surface area contributed by atoms with Gasteiger partial charge >= 0.3 is 5.97 Å². The van der Waals surface area contributed by atoms with E-state index in [0.717, 1.165) is 0 Å². The minimum Gasteiger partial charge on any atom is -0.489 e. The van der Waals surface area contributed by atoms with E-state index in [9.17, 15) is 14.4 Å². The molecule has 0 unspecified atom stereocenters. The number of amides is 2. The van der Waals surface area contributed by atoms with E-state index in [4.69, 9.17) is 9.47 Å². The second kappa shape index (κ2) is 9.36. The number of aromatic nitrogens is 1. The lowest BCUT2D eigenvalue weighted by Gasteiger charge is -2.11. The molecule has 3 rings (SSSR count). The molecule has 0 saturated carbocycles. The van der Waals surface area contributed by atoms with Crippen LogP contribution in [-0.4, -0.2) is 29.0 Å². The van der Waals surface area contributed by atoms with Crippen molar-refractivity contribution >= 4 is 17.8 Å². The molecule has 7 heteroatoms. The van der Waals surface area contributed by atoms with E-state index in [1.54, 1.807) is 54.2 Å². The predicted octanol–water partition coefficient (Wildman–Crippen LogP) is 2.72. The number of carbonyl (C=O) groups excluding carboxylic acids is 3. The lowest BCUT2D eigenvalue weighted by atomic mass is 10.1. The number of esters is 1. The maximum atomic E-state index is 12.4. The summed E-state index contributed by atoms with van der Waals surface area (Å²) in [6.07, 6.45) is 1.69. The Bertz CT molecular complexity index is 1010. The summed E-state index contributed by atoms with van der Waals surface area (Å²) < 4.78 is 12.3. The largest absolute Gasteiger partial charge is 0.489 e. The van der Waals surface area contributed by atoms with E-state index < -0.39 is 24.4 Å². The molecule has 148 valence electrons. The van der Waals surface area contributed by atoms with Crippen LogP contribution in [0.2, 0.25) is 0 Å². The molecular formula is C22H20N2O5. The summed E-state index contributed by atoms with van der Waals surface area (Å²) in [5.74, 6) is -1.26. The first-order valence-electron chi connectivity index (χ1n) is 8.93. The van der Waals surface area contributed by atoms with Crippen molar-refractivity contribution in [2.75, 3.05) is 6.61 Å². The van der Waals surface area contributed by atoms with Crippen LogP contribution in [0, 0.1) is 0 Å². The standard InChI is InChI=1S/C22H20N2O5/c1-24-13-7-12-19(24)21(26)23-20(25)15-29-22(27)18-11-6-5-8-16(18)14-28-17-9-3-2-4-10-17/h2-13H,14-15H2,1H3,(H,23,25,26). The number of para-hydroxylation sites is 1. The molecule has 1 heterocycles. The SMILES string of the molecule is Cn1cccc1C(=O)NC(=O)COC(=O)c1ccccc1COc1ccccc1. The average molecular weight is 392 g/mol. The van der Waals surface area contributed by atoms with Gasteiger partial charge in [-0.2, -0.15) is 0 Å². The second-order valence-electron chi connectivity index (χ2n) is 6.22. The Morgan fingerprint density at radius 3 is 2.38 bits per heavy atom. The number of hydrogen-bond acceptors (Lipinski definition) is 5. The molecular weight excluding hydrogens is 372 g/mol. The van der Waals surface area contributed by atoms with Crippen LogP contribution in [0.3, 0.4) is 0 Å². The normalized spacial score (nSPS) is 10.2. The Morgan fingerprint density at radius 1 is 0.931 bits per heavy atom. The first-order valence-corrected chi connectivity index (χ1v) is 8.93. The average Bonchev–Trinajstić information content (AvgIpc) is 3.17. The van der Waals surface area contributed by atoms with Gasteiger partial charge in [-0.3, -0.25) is 14.9 Å².